The molecule has 0 fully saturated rings. The van der Waals surface area contributed by atoms with Gasteiger partial charge in [0.25, 0.3) is 0 Å². The van der Waals surface area contributed by atoms with Crippen LogP contribution in [-0.2, 0) is 4.74 Å². The predicted octanol–water partition coefficient (Wildman–Crippen LogP) is 1.12. The van der Waals surface area contributed by atoms with Crippen LogP contribution in [0.4, 0.5) is 4.79 Å². The second-order valence-electron chi connectivity index (χ2n) is 3.83. The molecule has 78 valence electrons. The predicted molar refractivity (Wildman–Crippen MR) is 52.8 cm³/mol. The third-order valence-corrected chi connectivity index (χ3v) is 1.22. The minimum Gasteiger partial charge on any atom is -0.380 e. The molecule has 13 heavy (non-hydrogen) atoms. The van der Waals surface area contributed by atoms with Gasteiger partial charge in [0, 0.05) is 18.7 Å². The summed E-state index contributed by atoms with van der Waals surface area (Å²) in [6.45, 7) is 9.54. The summed E-state index contributed by atoms with van der Waals surface area (Å²) in [6, 6.07) is -0.146. The van der Waals surface area contributed by atoms with E-state index < -0.39 is 0 Å². The van der Waals surface area contributed by atoms with Gasteiger partial charge >= 0.3 is 6.03 Å². The lowest BCUT2D eigenvalue weighted by Crippen LogP contribution is -2.47. The Kier molecular flexibility index (Phi) is 5.46. The van der Waals surface area contributed by atoms with Crippen molar-refractivity contribution >= 4 is 6.03 Å². The van der Waals surface area contributed by atoms with Crippen LogP contribution < -0.4 is 10.6 Å². The number of rotatable bonds is 4. The molecule has 0 aromatic heterocycles. The van der Waals surface area contributed by atoms with E-state index in [2.05, 4.69) is 10.6 Å². The summed E-state index contributed by atoms with van der Waals surface area (Å²) >= 11 is 0. The molecule has 0 aromatic rings. The molecule has 4 nitrogen and oxygen atoms in total. The van der Waals surface area contributed by atoms with Crippen molar-refractivity contribution in [2.24, 2.45) is 0 Å². The molecule has 0 radical (unpaired) electrons. The van der Waals surface area contributed by atoms with Gasteiger partial charge in [0.05, 0.1) is 6.61 Å². The fourth-order valence-electron chi connectivity index (χ4n) is 0.766. The normalized spacial score (nSPS) is 11.1. The van der Waals surface area contributed by atoms with E-state index in [1.54, 1.807) is 0 Å². The van der Waals surface area contributed by atoms with Crippen LogP contribution in [0.3, 0.4) is 0 Å². The first kappa shape index (κ1) is 12.2. The van der Waals surface area contributed by atoms with Crippen LogP contribution in [0.1, 0.15) is 27.7 Å². The van der Waals surface area contributed by atoms with Gasteiger partial charge in [-0.3, -0.25) is 0 Å². The van der Waals surface area contributed by atoms with Crippen molar-refractivity contribution < 1.29 is 9.53 Å². The van der Waals surface area contributed by atoms with Crippen molar-refractivity contribution in [2.75, 3.05) is 19.8 Å². The van der Waals surface area contributed by atoms with Gasteiger partial charge in [-0.05, 0) is 27.7 Å². The van der Waals surface area contributed by atoms with E-state index >= 15 is 0 Å². The maximum absolute atomic E-state index is 11.1. The summed E-state index contributed by atoms with van der Waals surface area (Å²) in [5.41, 5.74) is -0.185. The van der Waals surface area contributed by atoms with Crippen molar-refractivity contribution in [3.05, 3.63) is 0 Å². The third-order valence-electron chi connectivity index (χ3n) is 1.22. The molecule has 0 rings (SSSR count). The van der Waals surface area contributed by atoms with E-state index in [-0.39, 0.29) is 11.6 Å². The number of hydrogen-bond acceptors (Lipinski definition) is 2. The fourth-order valence-corrected chi connectivity index (χ4v) is 0.766. The van der Waals surface area contributed by atoms with Gasteiger partial charge in [0.2, 0.25) is 0 Å². The minimum atomic E-state index is -0.185. The van der Waals surface area contributed by atoms with Gasteiger partial charge in [-0.25, -0.2) is 4.79 Å². The van der Waals surface area contributed by atoms with Crippen LogP contribution in [0.25, 0.3) is 0 Å². The van der Waals surface area contributed by atoms with Crippen LogP contribution in [0.15, 0.2) is 0 Å². The Balaban J connectivity index is 3.41. The second-order valence-corrected chi connectivity index (χ2v) is 3.83. The van der Waals surface area contributed by atoms with E-state index in [4.69, 9.17) is 4.74 Å². The van der Waals surface area contributed by atoms with Gasteiger partial charge in [0.15, 0.2) is 0 Å². The largest absolute Gasteiger partial charge is 0.380 e. The Labute approximate surface area is 80.0 Å². The molecule has 0 unspecified atom stereocenters. The molecule has 0 aromatic carbocycles. The first-order valence-corrected chi connectivity index (χ1v) is 4.59. The monoisotopic (exact) mass is 188 g/mol. The highest BCUT2D eigenvalue weighted by atomic mass is 16.5. The Morgan fingerprint density at radius 3 is 2.46 bits per heavy atom. The van der Waals surface area contributed by atoms with Gasteiger partial charge in [0.1, 0.15) is 0 Å². The lowest BCUT2D eigenvalue weighted by molar-refractivity contribution is 0.149. The Morgan fingerprint density at radius 2 is 2.00 bits per heavy atom. The molecule has 0 saturated carbocycles. The van der Waals surface area contributed by atoms with Crippen molar-refractivity contribution in [3.8, 4) is 0 Å². The van der Waals surface area contributed by atoms with E-state index in [9.17, 15) is 4.79 Å². The number of amides is 2. The molecule has 0 heterocycles. The summed E-state index contributed by atoms with van der Waals surface area (Å²) in [6.07, 6.45) is 0. The number of hydrogen-bond donors (Lipinski definition) is 2. The summed E-state index contributed by atoms with van der Waals surface area (Å²) in [5.74, 6) is 0. The maximum Gasteiger partial charge on any atom is 0.315 e. The van der Waals surface area contributed by atoms with Gasteiger partial charge in [-0.2, -0.15) is 0 Å². The summed E-state index contributed by atoms with van der Waals surface area (Å²) in [5, 5.41) is 5.49. The van der Waals surface area contributed by atoms with Crippen LogP contribution in [0, 0.1) is 0 Å². The van der Waals surface area contributed by atoms with Crippen molar-refractivity contribution in [1.29, 1.82) is 0 Å². The van der Waals surface area contributed by atoms with Crippen LogP contribution in [0.5, 0.6) is 0 Å². The van der Waals surface area contributed by atoms with E-state index in [1.165, 1.54) is 0 Å². The first-order chi connectivity index (χ1) is 5.95. The highest BCUT2D eigenvalue weighted by Crippen LogP contribution is 1.96. The lowest BCUT2D eigenvalue weighted by atomic mass is 10.1. The molecule has 0 aliphatic carbocycles. The smallest absolute Gasteiger partial charge is 0.315 e. The molecule has 0 bridgehead atoms. The van der Waals surface area contributed by atoms with E-state index in [0.717, 1.165) is 0 Å². The molecule has 2 amide bonds. The zero-order valence-electron chi connectivity index (χ0n) is 8.94. The molecule has 0 atom stereocenters. The van der Waals surface area contributed by atoms with Crippen LogP contribution in [0.2, 0.25) is 0 Å². The molecular weight excluding hydrogens is 168 g/mol. The molecule has 0 aliphatic heterocycles. The number of carbonyl (C=O) groups is 1. The van der Waals surface area contributed by atoms with Crippen LogP contribution >= 0.6 is 0 Å². The summed E-state index contributed by atoms with van der Waals surface area (Å²) < 4.78 is 5.07. The molecule has 0 spiro atoms. The third kappa shape index (κ3) is 9.14. The maximum atomic E-state index is 11.1. The minimum absolute atomic E-state index is 0.146. The van der Waals surface area contributed by atoms with Gasteiger partial charge in [-0.15, -0.1) is 0 Å². The Bertz CT molecular complexity index is 152. The molecule has 0 aliphatic rings. The standard InChI is InChI=1S/C9H20N2O2/c1-5-13-7-6-10-8(12)11-9(2,3)4/h5-7H2,1-4H3,(H2,10,11,12). The molecule has 4 heteroatoms. The fraction of sp³-hybridized carbons (Fsp3) is 0.889. The molecule has 2 N–H and O–H groups in total. The number of ether oxygens (including phenoxy) is 1. The number of urea groups is 1. The van der Waals surface area contributed by atoms with Crippen molar-refractivity contribution in [1.82, 2.24) is 10.6 Å². The highest BCUT2D eigenvalue weighted by Gasteiger charge is 2.12. The van der Waals surface area contributed by atoms with E-state index in [1.807, 2.05) is 27.7 Å². The Morgan fingerprint density at radius 1 is 1.38 bits per heavy atom. The van der Waals surface area contributed by atoms with Crippen molar-refractivity contribution in [2.45, 2.75) is 33.2 Å². The quantitative estimate of drug-likeness (QED) is 0.649. The zero-order chi connectivity index (χ0) is 10.3. The lowest BCUT2D eigenvalue weighted by Gasteiger charge is -2.20. The molecular formula is C9H20N2O2. The summed E-state index contributed by atoms with van der Waals surface area (Å²) in [7, 11) is 0. The van der Waals surface area contributed by atoms with E-state index in [0.29, 0.717) is 19.8 Å². The zero-order valence-corrected chi connectivity index (χ0v) is 8.94. The van der Waals surface area contributed by atoms with Crippen LogP contribution in [-0.4, -0.2) is 31.3 Å². The second kappa shape index (κ2) is 5.80. The number of nitrogens with one attached hydrogen (secondary N) is 2. The SMILES string of the molecule is CCOCCNC(=O)NC(C)(C)C. The van der Waals surface area contributed by atoms with Gasteiger partial charge in [-0.1, -0.05) is 0 Å². The number of carbonyl (C=O) groups excluding carboxylic acids is 1. The van der Waals surface area contributed by atoms with Gasteiger partial charge < -0.3 is 15.4 Å². The molecule has 0 saturated heterocycles. The highest BCUT2D eigenvalue weighted by molar-refractivity contribution is 5.74. The summed E-state index contributed by atoms with van der Waals surface area (Å²) in [4.78, 5) is 11.1. The van der Waals surface area contributed by atoms with Crippen molar-refractivity contribution in [3.63, 3.8) is 0 Å². The average molecular weight is 188 g/mol. The Hall–Kier alpha value is -0.770. The topological polar surface area (TPSA) is 50.4 Å². The first-order valence-electron chi connectivity index (χ1n) is 4.59. The average Bonchev–Trinajstić information content (AvgIpc) is 1.94.